The highest BCUT2D eigenvalue weighted by Crippen LogP contribution is 2.26. The number of hydrogen-bond donors (Lipinski definition) is 0. The summed E-state index contributed by atoms with van der Waals surface area (Å²) in [5.41, 5.74) is 3.04. The molecule has 2 aliphatic rings. The lowest BCUT2D eigenvalue weighted by molar-refractivity contribution is -0.132. The van der Waals surface area contributed by atoms with E-state index < -0.39 is 0 Å². The zero-order chi connectivity index (χ0) is 21.2. The Labute approximate surface area is 185 Å². The number of hydrogen-bond acceptors (Lipinski definition) is 6. The van der Waals surface area contributed by atoms with Gasteiger partial charge >= 0.3 is 0 Å². The Morgan fingerprint density at radius 1 is 1.06 bits per heavy atom. The van der Waals surface area contributed by atoms with E-state index in [-0.39, 0.29) is 11.8 Å². The van der Waals surface area contributed by atoms with Crippen LogP contribution in [0.5, 0.6) is 0 Å². The number of fused-ring (bicyclic) bond motifs is 1. The van der Waals surface area contributed by atoms with Crippen LogP contribution in [0.1, 0.15) is 24.1 Å². The monoisotopic (exact) mass is 435 g/mol. The molecule has 0 saturated carbocycles. The van der Waals surface area contributed by atoms with E-state index in [0.29, 0.717) is 12.8 Å². The van der Waals surface area contributed by atoms with Crippen molar-refractivity contribution in [3.8, 4) is 0 Å². The largest absolute Gasteiger partial charge is 0.340 e. The molecule has 4 heterocycles. The number of amides is 2. The Kier molecular flexibility index (Phi) is 5.65. The van der Waals surface area contributed by atoms with Gasteiger partial charge in [-0.1, -0.05) is 24.3 Å². The standard InChI is InChI=1S/C23H25N5O2S/c29-20-7-3-9-28(20)23-25-19(16-31-23)14-21(30)27-12-10-26(11-13-27)15-18-5-1-4-17-6-2-8-24-22(17)18/h1-2,4-6,8,16H,3,7,9-15H2. The first-order valence-electron chi connectivity index (χ1n) is 10.7. The van der Waals surface area contributed by atoms with Crippen LogP contribution < -0.4 is 4.90 Å². The van der Waals surface area contributed by atoms with Gasteiger partial charge in [-0.2, -0.15) is 0 Å². The summed E-state index contributed by atoms with van der Waals surface area (Å²) in [6.45, 7) is 4.71. The van der Waals surface area contributed by atoms with Gasteiger partial charge in [0.05, 0.1) is 17.6 Å². The number of thiazole rings is 1. The number of piperazine rings is 1. The molecule has 0 atom stereocenters. The maximum absolute atomic E-state index is 12.8. The summed E-state index contributed by atoms with van der Waals surface area (Å²) in [6.07, 6.45) is 3.61. The third-order valence-electron chi connectivity index (χ3n) is 6.01. The number of carbonyl (C=O) groups excluding carboxylic acids is 2. The molecule has 1 aromatic carbocycles. The summed E-state index contributed by atoms with van der Waals surface area (Å²) in [4.78, 5) is 39.8. The van der Waals surface area contributed by atoms with E-state index in [4.69, 9.17) is 0 Å². The number of para-hydroxylation sites is 1. The first-order chi connectivity index (χ1) is 15.2. The maximum atomic E-state index is 12.8. The van der Waals surface area contributed by atoms with Crippen LogP contribution in [-0.2, 0) is 22.6 Å². The second-order valence-corrected chi connectivity index (χ2v) is 8.93. The first-order valence-corrected chi connectivity index (χ1v) is 11.6. The molecule has 0 bridgehead atoms. The van der Waals surface area contributed by atoms with Gasteiger partial charge in [0.2, 0.25) is 11.8 Å². The zero-order valence-corrected chi connectivity index (χ0v) is 18.2. The van der Waals surface area contributed by atoms with Gasteiger partial charge in [-0.15, -0.1) is 11.3 Å². The molecule has 8 heteroatoms. The summed E-state index contributed by atoms with van der Waals surface area (Å²) in [7, 11) is 0. The topological polar surface area (TPSA) is 69.6 Å². The molecule has 0 N–H and O–H groups in total. The van der Waals surface area contributed by atoms with Gasteiger partial charge in [0.1, 0.15) is 0 Å². The molecule has 5 rings (SSSR count). The minimum atomic E-state index is 0.107. The molecule has 2 fully saturated rings. The predicted octanol–water partition coefficient (Wildman–Crippen LogP) is 2.71. The van der Waals surface area contributed by atoms with Crippen molar-refractivity contribution in [2.75, 3.05) is 37.6 Å². The minimum absolute atomic E-state index is 0.107. The van der Waals surface area contributed by atoms with Gasteiger partial charge < -0.3 is 4.90 Å². The minimum Gasteiger partial charge on any atom is -0.340 e. The number of carbonyl (C=O) groups is 2. The number of benzene rings is 1. The molecule has 160 valence electrons. The molecule has 0 unspecified atom stereocenters. The molecule has 2 amide bonds. The van der Waals surface area contributed by atoms with Crippen molar-refractivity contribution in [2.24, 2.45) is 0 Å². The highest BCUT2D eigenvalue weighted by atomic mass is 32.1. The fraction of sp³-hybridized carbons (Fsp3) is 0.391. The Hall–Kier alpha value is -2.84. The average Bonchev–Trinajstić information content (AvgIpc) is 3.43. The van der Waals surface area contributed by atoms with Crippen molar-refractivity contribution in [3.63, 3.8) is 0 Å². The zero-order valence-electron chi connectivity index (χ0n) is 17.4. The van der Waals surface area contributed by atoms with Gasteiger partial charge in [-0.05, 0) is 18.1 Å². The number of pyridine rings is 1. The predicted molar refractivity (Wildman–Crippen MR) is 121 cm³/mol. The van der Waals surface area contributed by atoms with E-state index >= 15 is 0 Å². The Morgan fingerprint density at radius 3 is 2.71 bits per heavy atom. The number of rotatable bonds is 5. The van der Waals surface area contributed by atoms with Gasteiger partial charge in [0.15, 0.2) is 5.13 Å². The summed E-state index contributed by atoms with van der Waals surface area (Å²) in [5.74, 6) is 0.237. The highest BCUT2D eigenvalue weighted by Gasteiger charge is 2.26. The van der Waals surface area contributed by atoms with Gasteiger partial charge in [0.25, 0.3) is 0 Å². The third kappa shape index (κ3) is 4.31. The first kappa shape index (κ1) is 20.1. The molecular formula is C23H25N5O2S. The van der Waals surface area contributed by atoms with Crippen LogP contribution in [0.3, 0.4) is 0 Å². The highest BCUT2D eigenvalue weighted by molar-refractivity contribution is 7.14. The molecule has 2 aromatic heterocycles. The summed E-state index contributed by atoms with van der Waals surface area (Å²) < 4.78 is 0. The lowest BCUT2D eigenvalue weighted by Gasteiger charge is -2.34. The van der Waals surface area contributed by atoms with E-state index in [1.54, 1.807) is 4.90 Å². The summed E-state index contributed by atoms with van der Waals surface area (Å²) in [6, 6.07) is 10.4. The number of anilines is 1. The van der Waals surface area contributed by atoms with Crippen molar-refractivity contribution in [1.82, 2.24) is 19.8 Å². The third-order valence-corrected chi connectivity index (χ3v) is 6.92. The van der Waals surface area contributed by atoms with Crippen molar-refractivity contribution in [1.29, 1.82) is 0 Å². The molecular weight excluding hydrogens is 410 g/mol. The van der Waals surface area contributed by atoms with Gasteiger partial charge in [-0.3, -0.25) is 24.4 Å². The average molecular weight is 436 g/mol. The number of nitrogens with zero attached hydrogens (tertiary/aromatic N) is 5. The van der Waals surface area contributed by atoms with Crippen LogP contribution in [-0.4, -0.2) is 64.3 Å². The molecule has 0 aliphatic carbocycles. The van der Waals surface area contributed by atoms with Crippen LogP contribution >= 0.6 is 11.3 Å². The number of aromatic nitrogens is 2. The van der Waals surface area contributed by atoms with E-state index in [2.05, 4.69) is 39.1 Å². The van der Waals surface area contributed by atoms with Crippen LogP contribution in [0.25, 0.3) is 10.9 Å². The maximum Gasteiger partial charge on any atom is 0.228 e. The molecule has 3 aromatic rings. The lowest BCUT2D eigenvalue weighted by Crippen LogP contribution is -2.48. The normalized spacial score (nSPS) is 17.6. The molecule has 31 heavy (non-hydrogen) atoms. The summed E-state index contributed by atoms with van der Waals surface area (Å²) >= 11 is 1.45. The van der Waals surface area contributed by atoms with Crippen LogP contribution in [0.15, 0.2) is 41.9 Å². The van der Waals surface area contributed by atoms with Gasteiger partial charge in [-0.25, -0.2) is 4.98 Å². The lowest BCUT2D eigenvalue weighted by atomic mass is 10.1. The molecule has 2 saturated heterocycles. The van der Waals surface area contributed by atoms with Gasteiger partial charge in [0, 0.05) is 62.7 Å². The van der Waals surface area contributed by atoms with Crippen LogP contribution in [0.2, 0.25) is 0 Å². The summed E-state index contributed by atoms with van der Waals surface area (Å²) in [5, 5.41) is 3.79. The smallest absolute Gasteiger partial charge is 0.228 e. The van der Waals surface area contributed by atoms with E-state index in [1.165, 1.54) is 16.9 Å². The van der Waals surface area contributed by atoms with E-state index in [1.807, 2.05) is 22.5 Å². The second-order valence-electron chi connectivity index (χ2n) is 8.10. The molecule has 0 spiro atoms. The quantitative estimate of drug-likeness (QED) is 0.616. The Morgan fingerprint density at radius 2 is 1.90 bits per heavy atom. The van der Waals surface area contributed by atoms with Crippen molar-refractivity contribution >= 4 is 39.2 Å². The fourth-order valence-electron chi connectivity index (χ4n) is 4.31. The van der Waals surface area contributed by atoms with Crippen molar-refractivity contribution in [3.05, 3.63) is 53.2 Å². The second kappa shape index (κ2) is 8.72. The van der Waals surface area contributed by atoms with Crippen molar-refractivity contribution < 1.29 is 9.59 Å². The Bertz CT molecular complexity index is 1100. The Balaban J connectivity index is 1.16. The molecule has 2 aliphatic heterocycles. The SMILES string of the molecule is O=C(Cc1csc(N2CCCC2=O)n1)N1CCN(Cc2cccc3cccnc23)CC1. The van der Waals surface area contributed by atoms with Crippen LogP contribution in [0, 0.1) is 0 Å². The van der Waals surface area contributed by atoms with E-state index in [0.717, 1.165) is 67.4 Å². The molecule has 0 radical (unpaired) electrons. The van der Waals surface area contributed by atoms with E-state index in [9.17, 15) is 9.59 Å². The fourth-order valence-corrected chi connectivity index (χ4v) is 5.18. The van der Waals surface area contributed by atoms with Crippen molar-refractivity contribution in [2.45, 2.75) is 25.8 Å². The molecule has 7 nitrogen and oxygen atoms in total. The van der Waals surface area contributed by atoms with Crippen LogP contribution in [0.4, 0.5) is 5.13 Å².